The van der Waals surface area contributed by atoms with E-state index in [1.807, 2.05) is 0 Å². The van der Waals surface area contributed by atoms with Crippen molar-refractivity contribution in [3.8, 4) is 22.8 Å². The van der Waals surface area contributed by atoms with E-state index < -0.39 is 34.6 Å². The van der Waals surface area contributed by atoms with Gasteiger partial charge >= 0.3 is 6.18 Å². The van der Waals surface area contributed by atoms with E-state index in [1.54, 1.807) is 18.9 Å². The van der Waals surface area contributed by atoms with Crippen molar-refractivity contribution >= 4 is 35.0 Å². The fourth-order valence-corrected chi connectivity index (χ4v) is 4.46. The molecule has 2 heterocycles. The van der Waals surface area contributed by atoms with Gasteiger partial charge in [-0.1, -0.05) is 11.6 Å². The zero-order chi connectivity index (χ0) is 23.6. The summed E-state index contributed by atoms with van der Waals surface area (Å²) in [5.74, 6) is -1.71. The van der Waals surface area contributed by atoms with Crippen LogP contribution in [0.4, 0.5) is 13.2 Å². The zero-order valence-electron chi connectivity index (χ0n) is 17.4. The van der Waals surface area contributed by atoms with Crippen LogP contribution in [0.3, 0.4) is 0 Å². The molecule has 2 atom stereocenters. The normalized spacial score (nSPS) is 21.4. The summed E-state index contributed by atoms with van der Waals surface area (Å²) in [4.78, 5) is 14.5. The first kappa shape index (κ1) is 25.2. The Labute approximate surface area is 197 Å². The number of phenols is 2. The largest absolute Gasteiger partial charge is 0.507 e. The molecule has 0 aliphatic carbocycles. The Morgan fingerprint density at radius 1 is 1.18 bits per heavy atom. The summed E-state index contributed by atoms with van der Waals surface area (Å²) in [7, 11) is 1.70. The number of hydrogen-bond acceptors (Lipinski definition) is 6. The Kier molecular flexibility index (Phi) is 6.40. The molecule has 6 nitrogen and oxygen atoms in total. The summed E-state index contributed by atoms with van der Waals surface area (Å²) in [6.45, 7) is 2.05. The molecule has 0 spiro atoms. The summed E-state index contributed by atoms with van der Waals surface area (Å²) in [5.41, 5.74) is -3.04. The lowest BCUT2D eigenvalue weighted by molar-refractivity contribution is -0.137. The van der Waals surface area contributed by atoms with Gasteiger partial charge in [0.25, 0.3) is 0 Å². The molecule has 0 radical (unpaired) electrons. The number of phenolic OH excluding ortho intramolecular Hbond substituents is 2. The summed E-state index contributed by atoms with van der Waals surface area (Å²) >= 11 is 6.06. The van der Waals surface area contributed by atoms with Gasteiger partial charge in [0.1, 0.15) is 34.0 Å². The maximum absolute atomic E-state index is 13.0. The van der Waals surface area contributed by atoms with Gasteiger partial charge in [-0.2, -0.15) is 13.2 Å². The molecule has 1 aliphatic rings. The topological polar surface area (TPSA) is 94.1 Å². The molecule has 33 heavy (non-hydrogen) atoms. The molecule has 0 amide bonds. The fraction of sp³-hybridized carbons (Fsp3) is 0.318. The Morgan fingerprint density at radius 2 is 1.85 bits per heavy atom. The fourth-order valence-electron chi connectivity index (χ4n) is 4.19. The highest BCUT2D eigenvalue weighted by molar-refractivity contribution is 6.33. The van der Waals surface area contributed by atoms with Crippen LogP contribution >= 0.6 is 24.0 Å². The lowest BCUT2D eigenvalue weighted by Gasteiger charge is -2.32. The zero-order valence-corrected chi connectivity index (χ0v) is 19.0. The number of hydrogen-bond donors (Lipinski definition) is 3. The van der Waals surface area contributed by atoms with Crippen LogP contribution in [-0.4, -0.2) is 39.5 Å². The Hall–Kier alpha value is -2.46. The van der Waals surface area contributed by atoms with E-state index in [1.165, 1.54) is 0 Å². The molecule has 1 aromatic heterocycles. The number of halogens is 5. The van der Waals surface area contributed by atoms with Crippen LogP contribution in [0.2, 0.25) is 5.02 Å². The van der Waals surface area contributed by atoms with Crippen LogP contribution in [-0.2, 0) is 6.18 Å². The Bertz CT molecular complexity index is 1290. The van der Waals surface area contributed by atoms with E-state index in [9.17, 15) is 33.3 Å². The number of fused-ring (bicyclic) bond motifs is 1. The third kappa shape index (κ3) is 4.14. The van der Waals surface area contributed by atoms with Gasteiger partial charge in [0.15, 0.2) is 5.43 Å². The predicted octanol–water partition coefficient (Wildman–Crippen LogP) is 5.09. The second-order valence-electron chi connectivity index (χ2n) is 8.06. The van der Waals surface area contributed by atoms with E-state index in [2.05, 4.69) is 0 Å². The second-order valence-corrected chi connectivity index (χ2v) is 8.46. The first-order valence-electron chi connectivity index (χ1n) is 9.65. The van der Waals surface area contributed by atoms with Crippen molar-refractivity contribution in [2.45, 2.75) is 31.2 Å². The number of aromatic hydroxyl groups is 2. The van der Waals surface area contributed by atoms with Crippen LogP contribution in [0.1, 0.15) is 30.4 Å². The average molecular weight is 506 g/mol. The van der Waals surface area contributed by atoms with Gasteiger partial charge in [0.2, 0.25) is 0 Å². The molecule has 0 bridgehead atoms. The molecule has 2 aromatic carbocycles. The molecule has 1 fully saturated rings. The van der Waals surface area contributed by atoms with E-state index in [0.717, 1.165) is 30.3 Å². The average Bonchev–Trinajstić information content (AvgIpc) is 2.93. The molecule has 1 saturated heterocycles. The van der Waals surface area contributed by atoms with Crippen molar-refractivity contribution in [1.82, 2.24) is 4.90 Å². The highest BCUT2D eigenvalue weighted by atomic mass is 35.5. The van der Waals surface area contributed by atoms with Gasteiger partial charge in [0, 0.05) is 35.7 Å². The van der Waals surface area contributed by atoms with Crippen molar-refractivity contribution in [2.75, 3.05) is 13.6 Å². The maximum Gasteiger partial charge on any atom is 0.416 e. The molecule has 3 aromatic rings. The van der Waals surface area contributed by atoms with E-state index in [0.29, 0.717) is 13.0 Å². The van der Waals surface area contributed by atoms with Gasteiger partial charge in [-0.05, 0) is 38.6 Å². The van der Waals surface area contributed by atoms with Gasteiger partial charge < -0.3 is 19.7 Å². The minimum Gasteiger partial charge on any atom is -0.507 e. The SMILES string of the molecule is CN1CC[C@@H](c2c(O)cc(O)c3c(=O)cc(-c4ccc(C(F)(F)F)cc4Cl)oc23)[C@]1(C)O.Cl. The molecule has 0 unspecified atom stereocenters. The van der Waals surface area contributed by atoms with Gasteiger partial charge in [-0.25, -0.2) is 0 Å². The molecule has 11 heteroatoms. The number of rotatable bonds is 2. The molecule has 0 saturated carbocycles. The van der Waals surface area contributed by atoms with Crippen LogP contribution in [0, 0.1) is 0 Å². The second kappa shape index (κ2) is 8.39. The minimum absolute atomic E-state index is 0. The van der Waals surface area contributed by atoms with Crippen molar-refractivity contribution < 1.29 is 32.9 Å². The summed E-state index contributed by atoms with van der Waals surface area (Å²) in [5, 5.41) is 31.3. The van der Waals surface area contributed by atoms with Gasteiger partial charge in [0.05, 0.1) is 10.6 Å². The summed E-state index contributed by atoms with van der Waals surface area (Å²) in [6.07, 6.45) is -4.18. The molecular formula is C22H20Cl2F3NO5. The number of benzene rings is 2. The van der Waals surface area contributed by atoms with E-state index in [4.69, 9.17) is 16.0 Å². The smallest absolute Gasteiger partial charge is 0.416 e. The van der Waals surface area contributed by atoms with Crippen LogP contribution < -0.4 is 5.43 Å². The lowest BCUT2D eigenvalue weighted by atomic mass is 9.87. The first-order valence-corrected chi connectivity index (χ1v) is 10.0. The third-order valence-corrected chi connectivity index (χ3v) is 6.41. The van der Waals surface area contributed by atoms with Crippen molar-refractivity contribution in [1.29, 1.82) is 0 Å². The van der Waals surface area contributed by atoms with Crippen LogP contribution in [0.25, 0.3) is 22.3 Å². The Balaban J connectivity index is 0.00000306. The number of alkyl halides is 3. The molecule has 178 valence electrons. The number of aliphatic hydroxyl groups is 1. The van der Waals surface area contributed by atoms with Gasteiger partial charge in [-0.3, -0.25) is 9.69 Å². The quantitative estimate of drug-likeness (QED) is 0.448. The summed E-state index contributed by atoms with van der Waals surface area (Å²) < 4.78 is 44.8. The van der Waals surface area contributed by atoms with E-state index in [-0.39, 0.29) is 51.0 Å². The monoisotopic (exact) mass is 505 g/mol. The molecule has 1 aliphatic heterocycles. The standard InChI is InChI=1S/C22H19ClF3NO5.ClH/c1-21(31)12(5-6-27(21)2)18-14(28)8-15(29)19-16(30)9-17(32-20(18)19)11-4-3-10(7-13(11)23)22(24,25)26;/h3-4,7-9,12,28-29,31H,5-6H2,1-2H3;1H/t12-,21-;/m0./s1. The van der Waals surface area contributed by atoms with Gasteiger partial charge in [-0.15, -0.1) is 12.4 Å². The highest BCUT2D eigenvalue weighted by Gasteiger charge is 2.45. The van der Waals surface area contributed by atoms with Crippen molar-refractivity contribution in [3.63, 3.8) is 0 Å². The highest BCUT2D eigenvalue weighted by Crippen LogP contribution is 2.47. The first-order chi connectivity index (χ1) is 14.8. The van der Waals surface area contributed by atoms with Crippen LogP contribution in [0.15, 0.2) is 39.5 Å². The molecule has 3 N–H and O–H groups in total. The summed E-state index contributed by atoms with van der Waals surface area (Å²) in [6, 6.07) is 4.63. The Morgan fingerprint density at radius 3 is 2.39 bits per heavy atom. The number of likely N-dealkylation sites (tertiary alicyclic amines) is 1. The van der Waals surface area contributed by atoms with Crippen molar-refractivity contribution in [2.24, 2.45) is 0 Å². The predicted molar refractivity (Wildman–Crippen MR) is 119 cm³/mol. The third-order valence-electron chi connectivity index (χ3n) is 6.09. The maximum atomic E-state index is 13.0. The minimum atomic E-state index is -4.60. The number of likely N-dealkylation sites (N-methyl/N-ethyl adjacent to an activating group) is 1. The lowest BCUT2D eigenvalue weighted by Crippen LogP contribution is -2.41. The number of nitrogens with zero attached hydrogens (tertiary/aromatic N) is 1. The van der Waals surface area contributed by atoms with Crippen LogP contribution in [0.5, 0.6) is 11.5 Å². The molecular weight excluding hydrogens is 486 g/mol. The van der Waals surface area contributed by atoms with Crippen molar-refractivity contribution in [3.05, 3.63) is 56.7 Å². The molecule has 4 rings (SSSR count). The van der Waals surface area contributed by atoms with E-state index >= 15 is 0 Å².